The summed E-state index contributed by atoms with van der Waals surface area (Å²) in [7, 11) is 0. The van der Waals surface area contributed by atoms with Gasteiger partial charge in [-0.25, -0.2) is 0 Å². The molecule has 0 saturated heterocycles. The summed E-state index contributed by atoms with van der Waals surface area (Å²) in [4.78, 5) is 22.6. The first kappa shape index (κ1) is 12.8. The minimum absolute atomic E-state index is 0.486. The second kappa shape index (κ2) is 4.71. The van der Waals surface area contributed by atoms with Gasteiger partial charge in [0, 0.05) is 11.3 Å². The molecule has 0 fully saturated rings. The molecule has 2 N–H and O–H groups in total. The number of terminal acetylenes is 1. The molecule has 0 heterocycles. The third kappa shape index (κ3) is 2.85. The molecule has 1 aromatic rings. The van der Waals surface area contributed by atoms with E-state index in [4.69, 9.17) is 11.5 Å². The van der Waals surface area contributed by atoms with E-state index in [9.17, 15) is 9.59 Å². The van der Waals surface area contributed by atoms with E-state index in [2.05, 4.69) is 11.2 Å². The summed E-state index contributed by atoms with van der Waals surface area (Å²) in [5.74, 6) is 0.673. The van der Waals surface area contributed by atoms with E-state index in [0.29, 0.717) is 11.3 Å². The van der Waals surface area contributed by atoms with Crippen molar-refractivity contribution in [2.45, 2.75) is 13.8 Å². The third-order valence-corrected chi connectivity index (χ3v) is 2.39. The molecule has 0 saturated carbocycles. The summed E-state index contributed by atoms with van der Waals surface area (Å²) in [5, 5.41) is 11.4. The summed E-state index contributed by atoms with van der Waals surface area (Å²) in [6.45, 7) is 2.69. The second-order valence-electron chi connectivity index (χ2n) is 4.11. The second-order valence-corrected chi connectivity index (χ2v) is 4.11. The molecule has 0 atom stereocenters. The molecular weight excluding hydrogens is 218 g/mol. The smallest absolute Gasteiger partial charge is 0.318 e. The molecular formula is C13H13NO3. The number of anilines is 1. The van der Waals surface area contributed by atoms with Crippen LogP contribution in [0.1, 0.15) is 19.4 Å². The number of benzene rings is 1. The minimum atomic E-state index is -1.48. The van der Waals surface area contributed by atoms with E-state index in [-0.39, 0.29) is 0 Å². The van der Waals surface area contributed by atoms with Gasteiger partial charge >= 0.3 is 5.97 Å². The zero-order chi connectivity index (χ0) is 13.1. The van der Waals surface area contributed by atoms with Crippen LogP contribution in [-0.2, 0) is 9.59 Å². The van der Waals surface area contributed by atoms with Crippen LogP contribution in [0, 0.1) is 17.8 Å². The number of rotatable bonds is 3. The van der Waals surface area contributed by atoms with Gasteiger partial charge in [0.25, 0.3) is 0 Å². The lowest BCUT2D eigenvalue weighted by molar-refractivity contribution is -0.151. The number of carbonyl (C=O) groups is 2. The van der Waals surface area contributed by atoms with Crippen LogP contribution >= 0.6 is 0 Å². The topological polar surface area (TPSA) is 66.4 Å². The molecule has 0 bridgehead atoms. The molecule has 4 heteroatoms. The average Bonchev–Trinajstić information content (AvgIpc) is 2.29. The predicted octanol–water partition coefficient (Wildman–Crippen LogP) is 1.72. The summed E-state index contributed by atoms with van der Waals surface area (Å²) >= 11 is 0. The molecule has 0 radical (unpaired) electrons. The van der Waals surface area contributed by atoms with E-state index in [1.165, 1.54) is 13.8 Å². The van der Waals surface area contributed by atoms with E-state index in [1.807, 2.05) is 0 Å². The van der Waals surface area contributed by atoms with Gasteiger partial charge in [0.1, 0.15) is 5.41 Å². The van der Waals surface area contributed by atoms with Crippen molar-refractivity contribution < 1.29 is 14.7 Å². The quantitative estimate of drug-likeness (QED) is 0.614. The fourth-order valence-corrected chi connectivity index (χ4v) is 1.07. The van der Waals surface area contributed by atoms with Gasteiger partial charge in [0.15, 0.2) is 0 Å². The van der Waals surface area contributed by atoms with Crippen molar-refractivity contribution in [3.05, 3.63) is 29.8 Å². The number of carbonyl (C=O) groups excluding carboxylic acids is 1. The lowest BCUT2D eigenvalue weighted by atomic mass is 9.92. The van der Waals surface area contributed by atoms with Crippen LogP contribution in [0.2, 0.25) is 0 Å². The van der Waals surface area contributed by atoms with Gasteiger partial charge in [-0.15, -0.1) is 6.42 Å². The number of hydrogen-bond donors (Lipinski definition) is 2. The number of nitrogens with one attached hydrogen (secondary N) is 1. The first-order valence-corrected chi connectivity index (χ1v) is 4.99. The molecule has 1 aromatic carbocycles. The van der Waals surface area contributed by atoms with E-state index in [0.717, 1.165) is 0 Å². The maximum Gasteiger partial charge on any atom is 0.318 e. The lowest BCUT2D eigenvalue weighted by Crippen LogP contribution is -2.37. The molecule has 88 valence electrons. The highest BCUT2D eigenvalue weighted by atomic mass is 16.4. The number of hydrogen-bond acceptors (Lipinski definition) is 2. The number of carboxylic acid groups (broad SMARTS) is 1. The number of aliphatic carboxylic acids is 1. The highest BCUT2D eigenvalue weighted by molar-refractivity contribution is 6.07. The van der Waals surface area contributed by atoms with Crippen molar-refractivity contribution in [3.63, 3.8) is 0 Å². The Balaban J connectivity index is 2.89. The molecule has 0 aliphatic rings. The van der Waals surface area contributed by atoms with E-state index >= 15 is 0 Å². The number of amides is 1. The minimum Gasteiger partial charge on any atom is -0.480 e. The van der Waals surface area contributed by atoms with Gasteiger partial charge < -0.3 is 10.4 Å². The summed E-state index contributed by atoms with van der Waals surface area (Å²) < 4.78 is 0. The average molecular weight is 231 g/mol. The zero-order valence-electron chi connectivity index (χ0n) is 9.65. The monoisotopic (exact) mass is 231 g/mol. The molecule has 0 aromatic heterocycles. The van der Waals surface area contributed by atoms with Gasteiger partial charge in [0.05, 0.1) is 0 Å². The van der Waals surface area contributed by atoms with Crippen molar-refractivity contribution in [1.82, 2.24) is 0 Å². The molecule has 1 amide bonds. The van der Waals surface area contributed by atoms with Crippen LogP contribution in [0.4, 0.5) is 5.69 Å². The Morgan fingerprint density at radius 2 is 2.06 bits per heavy atom. The summed E-state index contributed by atoms with van der Waals surface area (Å²) in [5.41, 5.74) is -0.373. The summed E-state index contributed by atoms with van der Waals surface area (Å²) in [6.07, 6.45) is 5.23. The largest absolute Gasteiger partial charge is 0.480 e. The third-order valence-electron chi connectivity index (χ3n) is 2.39. The fraction of sp³-hybridized carbons (Fsp3) is 0.231. The highest BCUT2D eigenvalue weighted by Gasteiger charge is 2.35. The van der Waals surface area contributed by atoms with Gasteiger partial charge in [0.2, 0.25) is 5.91 Å². The SMILES string of the molecule is C#Cc1cccc(NC(=O)C(C)(C)C(=O)O)c1. The van der Waals surface area contributed by atoms with Gasteiger partial charge in [-0.2, -0.15) is 0 Å². The van der Waals surface area contributed by atoms with Crippen LogP contribution in [0.5, 0.6) is 0 Å². The van der Waals surface area contributed by atoms with Crippen LogP contribution in [0.25, 0.3) is 0 Å². The normalized spacial score (nSPS) is 10.4. The van der Waals surface area contributed by atoms with Crippen molar-refractivity contribution in [1.29, 1.82) is 0 Å². The lowest BCUT2D eigenvalue weighted by Gasteiger charge is -2.18. The van der Waals surface area contributed by atoms with Crippen LogP contribution in [0.15, 0.2) is 24.3 Å². The Bertz CT molecular complexity index is 498. The van der Waals surface area contributed by atoms with Gasteiger partial charge in [-0.3, -0.25) is 9.59 Å². The van der Waals surface area contributed by atoms with Crippen LogP contribution in [0.3, 0.4) is 0 Å². The maximum atomic E-state index is 11.7. The van der Waals surface area contributed by atoms with E-state index < -0.39 is 17.3 Å². The molecule has 0 spiro atoms. The molecule has 0 unspecified atom stereocenters. The van der Waals surface area contributed by atoms with Gasteiger partial charge in [-0.05, 0) is 32.0 Å². The number of carboxylic acids is 1. The highest BCUT2D eigenvalue weighted by Crippen LogP contribution is 2.19. The Kier molecular flexibility index (Phi) is 3.54. The van der Waals surface area contributed by atoms with Crippen molar-refractivity contribution >= 4 is 17.6 Å². The Morgan fingerprint density at radius 1 is 1.41 bits per heavy atom. The van der Waals surface area contributed by atoms with Crippen molar-refractivity contribution in [3.8, 4) is 12.3 Å². The summed E-state index contributed by atoms with van der Waals surface area (Å²) in [6, 6.07) is 6.67. The first-order valence-electron chi connectivity index (χ1n) is 4.99. The molecule has 0 aliphatic heterocycles. The molecule has 0 aliphatic carbocycles. The predicted molar refractivity (Wildman–Crippen MR) is 64.4 cm³/mol. The Hall–Kier alpha value is -2.28. The molecule has 1 rings (SSSR count). The standard InChI is InChI=1S/C13H13NO3/c1-4-9-6-5-7-10(8-9)14-11(15)13(2,3)12(16)17/h1,5-8H,2-3H3,(H,14,15)(H,16,17). The Labute approximate surface area is 99.7 Å². The van der Waals surface area contributed by atoms with Gasteiger partial charge in [-0.1, -0.05) is 12.0 Å². The molecule has 4 nitrogen and oxygen atoms in total. The van der Waals surface area contributed by atoms with Crippen molar-refractivity contribution in [2.24, 2.45) is 5.41 Å². The fourth-order valence-electron chi connectivity index (χ4n) is 1.07. The van der Waals surface area contributed by atoms with Crippen LogP contribution in [-0.4, -0.2) is 17.0 Å². The van der Waals surface area contributed by atoms with Crippen molar-refractivity contribution in [2.75, 3.05) is 5.32 Å². The Morgan fingerprint density at radius 3 is 2.59 bits per heavy atom. The first-order chi connectivity index (χ1) is 7.87. The van der Waals surface area contributed by atoms with E-state index in [1.54, 1.807) is 24.3 Å². The maximum absolute atomic E-state index is 11.7. The molecule has 17 heavy (non-hydrogen) atoms. The van der Waals surface area contributed by atoms with Crippen LogP contribution < -0.4 is 5.32 Å². The zero-order valence-corrected chi connectivity index (χ0v) is 9.65.